The van der Waals surface area contributed by atoms with Crippen molar-refractivity contribution in [3.63, 3.8) is 0 Å². The van der Waals surface area contributed by atoms with Crippen molar-refractivity contribution >= 4 is 33.2 Å². The van der Waals surface area contributed by atoms with Crippen LogP contribution in [0.1, 0.15) is 5.56 Å². The van der Waals surface area contributed by atoms with E-state index in [0.717, 1.165) is 21.5 Å². The zero-order valence-corrected chi connectivity index (χ0v) is 11.3. The molecule has 0 unspecified atom stereocenters. The van der Waals surface area contributed by atoms with E-state index in [4.69, 9.17) is 16.3 Å². The maximum Gasteiger partial charge on any atom is 0.279 e. The van der Waals surface area contributed by atoms with E-state index in [1.807, 2.05) is 49.4 Å². The third-order valence-electron chi connectivity index (χ3n) is 2.53. The van der Waals surface area contributed by atoms with Gasteiger partial charge in [0.05, 0.1) is 10.2 Å². The van der Waals surface area contributed by atoms with Gasteiger partial charge < -0.3 is 4.74 Å². The second kappa shape index (κ2) is 4.59. The Bertz CT molecular complexity index is 708. The molecular weight excluding hydrogens is 266 g/mol. The van der Waals surface area contributed by atoms with E-state index in [1.54, 1.807) is 0 Å². The van der Waals surface area contributed by atoms with Gasteiger partial charge in [-0.1, -0.05) is 35.1 Å². The van der Waals surface area contributed by atoms with Gasteiger partial charge in [-0.3, -0.25) is 0 Å². The molecule has 1 aromatic heterocycles. The van der Waals surface area contributed by atoms with Crippen LogP contribution >= 0.6 is 22.9 Å². The minimum Gasteiger partial charge on any atom is -0.431 e. The molecule has 0 aliphatic rings. The van der Waals surface area contributed by atoms with Crippen molar-refractivity contribution in [2.75, 3.05) is 0 Å². The van der Waals surface area contributed by atoms with Crippen LogP contribution < -0.4 is 4.74 Å². The molecule has 3 aromatic rings. The minimum absolute atomic E-state index is 0.637. The summed E-state index contributed by atoms with van der Waals surface area (Å²) in [6.45, 7) is 2.03. The van der Waals surface area contributed by atoms with Gasteiger partial charge in [-0.15, -0.1) is 0 Å². The molecule has 0 fully saturated rings. The molecule has 0 aliphatic heterocycles. The standard InChI is InChI=1S/C14H10ClNOS/c1-9-3-2-4-11(7-9)17-14-16-12-6-5-10(15)8-13(12)18-14/h2-8H,1H3. The fourth-order valence-electron chi connectivity index (χ4n) is 1.70. The number of hydrogen-bond acceptors (Lipinski definition) is 3. The molecule has 1 heterocycles. The lowest BCUT2D eigenvalue weighted by Crippen LogP contribution is -1.83. The zero-order valence-electron chi connectivity index (χ0n) is 9.68. The van der Waals surface area contributed by atoms with E-state index >= 15 is 0 Å². The predicted molar refractivity (Wildman–Crippen MR) is 75.9 cm³/mol. The van der Waals surface area contributed by atoms with Crippen LogP contribution in [0, 0.1) is 6.92 Å². The summed E-state index contributed by atoms with van der Waals surface area (Å²) in [6.07, 6.45) is 0. The lowest BCUT2D eigenvalue weighted by Gasteiger charge is -2.01. The molecule has 0 spiro atoms. The van der Waals surface area contributed by atoms with Gasteiger partial charge in [0.15, 0.2) is 0 Å². The molecule has 0 atom stereocenters. The van der Waals surface area contributed by atoms with Gasteiger partial charge in [0, 0.05) is 5.02 Å². The third-order valence-corrected chi connectivity index (χ3v) is 3.66. The fraction of sp³-hybridized carbons (Fsp3) is 0.0714. The summed E-state index contributed by atoms with van der Waals surface area (Å²) in [4.78, 5) is 4.42. The highest BCUT2D eigenvalue weighted by molar-refractivity contribution is 7.20. The normalized spacial score (nSPS) is 10.8. The Morgan fingerprint density at radius 1 is 1.17 bits per heavy atom. The first-order valence-corrected chi connectivity index (χ1v) is 6.71. The van der Waals surface area contributed by atoms with Crippen LogP contribution in [0.4, 0.5) is 0 Å². The molecule has 0 saturated heterocycles. The van der Waals surface area contributed by atoms with Crippen LogP contribution in [0.5, 0.6) is 10.9 Å². The van der Waals surface area contributed by atoms with Gasteiger partial charge in [-0.2, -0.15) is 0 Å². The molecule has 0 aliphatic carbocycles. The second-order valence-electron chi connectivity index (χ2n) is 4.01. The van der Waals surface area contributed by atoms with Gasteiger partial charge in [0.1, 0.15) is 5.75 Å². The number of nitrogens with zero attached hydrogens (tertiary/aromatic N) is 1. The van der Waals surface area contributed by atoms with Gasteiger partial charge >= 0.3 is 0 Å². The van der Waals surface area contributed by atoms with E-state index in [2.05, 4.69) is 4.98 Å². The van der Waals surface area contributed by atoms with Crippen LogP contribution in [0.15, 0.2) is 42.5 Å². The van der Waals surface area contributed by atoms with Crippen molar-refractivity contribution in [3.8, 4) is 10.9 Å². The predicted octanol–water partition coefficient (Wildman–Crippen LogP) is 5.05. The summed E-state index contributed by atoms with van der Waals surface area (Å²) in [7, 11) is 0. The van der Waals surface area contributed by atoms with Crippen molar-refractivity contribution in [3.05, 3.63) is 53.1 Å². The van der Waals surface area contributed by atoms with Crippen LogP contribution in [-0.4, -0.2) is 4.98 Å². The first-order chi connectivity index (χ1) is 8.70. The van der Waals surface area contributed by atoms with Crippen molar-refractivity contribution in [2.45, 2.75) is 6.92 Å². The van der Waals surface area contributed by atoms with E-state index in [-0.39, 0.29) is 0 Å². The number of fused-ring (bicyclic) bond motifs is 1. The SMILES string of the molecule is Cc1cccc(Oc2nc3ccc(Cl)cc3s2)c1. The van der Waals surface area contributed by atoms with Crippen LogP contribution in [0.2, 0.25) is 5.02 Å². The van der Waals surface area contributed by atoms with Crippen molar-refractivity contribution in [2.24, 2.45) is 0 Å². The van der Waals surface area contributed by atoms with E-state index in [1.165, 1.54) is 11.3 Å². The molecule has 90 valence electrons. The summed E-state index contributed by atoms with van der Waals surface area (Å²) in [5.74, 6) is 0.806. The lowest BCUT2D eigenvalue weighted by atomic mass is 10.2. The lowest BCUT2D eigenvalue weighted by molar-refractivity contribution is 0.480. The summed E-state index contributed by atoms with van der Waals surface area (Å²) in [5, 5.41) is 1.35. The summed E-state index contributed by atoms with van der Waals surface area (Å²) in [6, 6.07) is 13.5. The Kier molecular flexibility index (Phi) is 2.94. The molecule has 0 radical (unpaired) electrons. The van der Waals surface area contributed by atoms with Crippen LogP contribution in [0.25, 0.3) is 10.2 Å². The van der Waals surface area contributed by atoms with Crippen LogP contribution in [0.3, 0.4) is 0 Å². The fourth-order valence-corrected chi connectivity index (χ4v) is 2.81. The number of thiazole rings is 1. The first kappa shape index (κ1) is 11.5. The smallest absolute Gasteiger partial charge is 0.279 e. The third kappa shape index (κ3) is 2.33. The van der Waals surface area contributed by atoms with Gasteiger partial charge in [0.2, 0.25) is 0 Å². The topological polar surface area (TPSA) is 22.1 Å². The number of aryl methyl sites for hydroxylation is 1. The summed E-state index contributed by atoms with van der Waals surface area (Å²) in [5.41, 5.74) is 2.07. The first-order valence-electron chi connectivity index (χ1n) is 5.51. The summed E-state index contributed by atoms with van der Waals surface area (Å²) >= 11 is 7.44. The van der Waals surface area contributed by atoms with E-state index < -0.39 is 0 Å². The largest absolute Gasteiger partial charge is 0.431 e. The molecule has 0 amide bonds. The molecule has 2 aromatic carbocycles. The number of ether oxygens (including phenoxy) is 1. The molecule has 2 nitrogen and oxygen atoms in total. The van der Waals surface area contributed by atoms with Gasteiger partial charge in [-0.25, -0.2) is 4.98 Å². The maximum absolute atomic E-state index is 5.95. The average molecular weight is 276 g/mol. The molecule has 0 saturated carbocycles. The van der Waals surface area contributed by atoms with Gasteiger partial charge in [-0.05, 0) is 42.8 Å². The zero-order chi connectivity index (χ0) is 12.5. The molecular formula is C14H10ClNOS. The highest BCUT2D eigenvalue weighted by atomic mass is 35.5. The molecule has 4 heteroatoms. The molecule has 0 N–H and O–H groups in total. The van der Waals surface area contributed by atoms with Gasteiger partial charge in [0.25, 0.3) is 5.19 Å². The highest BCUT2D eigenvalue weighted by Gasteiger charge is 2.06. The van der Waals surface area contributed by atoms with E-state index in [0.29, 0.717) is 10.2 Å². The summed E-state index contributed by atoms with van der Waals surface area (Å²) < 4.78 is 6.78. The Morgan fingerprint density at radius 3 is 2.89 bits per heavy atom. The van der Waals surface area contributed by atoms with Crippen molar-refractivity contribution < 1.29 is 4.74 Å². The van der Waals surface area contributed by atoms with Crippen molar-refractivity contribution in [1.82, 2.24) is 4.98 Å². The van der Waals surface area contributed by atoms with E-state index in [9.17, 15) is 0 Å². The Balaban J connectivity index is 1.95. The number of hydrogen-bond donors (Lipinski definition) is 0. The minimum atomic E-state index is 0.637. The quantitative estimate of drug-likeness (QED) is 0.653. The number of halogens is 1. The highest BCUT2D eigenvalue weighted by Crippen LogP contribution is 2.32. The second-order valence-corrected chi connectivity index (χ2v) is 5.44. The van der Waals surface area contributed by atoms with Crippen molar-refractivity contribution in [1.29, 1.82) is 0 Å². The number of rotatable bonds is 2. The molecule has 3 rings (SSSR count). The number of aromatic nitrogens is 1. The molecule has 0 bridgehead atoms. The Labute approximate surface area is 114 Å². The Morgan fingerprint density at radius 2 is 2.06 bits per heavy atom. The monoisotopic (exact) mass is 275 g/mol. The van der Waals surface area contributed by atoms with Crippen LogP contribution in [-0.2, 0) is 0 Å². The number of benzene rings is 2. The average Bonchev–Trinajstić information content (AvgIpc) is 2.70. The molecule has 18 heavy (non-hydrogen) atoms. The maximum atomic E-state index is 5.95. The Hall–Kier alpha value is -1.58.